The van der Waals surface area contributed by atoms with E-state index in [0.717, 1.165) is 42.0 Å². The van der Waals surface area contributed by atoms with Gasteiger partial charge in [0.25, 0.3) is 0 Å². The van der Waals surface area contributed by atoms with Crippen molar-refractivity contribution >= 4 is 5.91 Å². The molecule has 0 saturated carbocycles. The van der Waals surface area contributed by atoms with Gasteiger partial charge in [-0.2, -0.15) is 0 Å². The average Bonchev–Trinajstić information content (AvgIpc) is 2.47. The summed E-state index contributed by atoms with van der Waals surface area (Å²) in [5.74, 6) is 1.02. The van der Waals surface area contributed by atoms with Crippen molar-refractivity contribution in [2.75, 3.05) is 13.7 Å². The molecule has 0 aromatic carbocycles. The zero-order chi connectivity index (χ0) is 16.5. The Morgan fingerprint density at radius 2 is 2.05 bits per heavy atom. The van der Waals surface area contributed by atoms with Crippen LogP contribution in [0.25, 0.3) is 0 Å². The van der Waals surface area contributed by atoms with Crippen molar-refractivity contribution in [1.82, 2.24) is 10.3 Å². The predicted molar refractivity (Wildman–Crippen MR) is 90.3 cm³/mol. The Hall–Kier alpha value is -1.58. The molecular weight excluding hydrogens is 276 g/mol. The molecule has 0 spiro atoms. The lowest BCUT2D eigenvalue weighted by Crippen LogP contribution is -2.29. The molecule has 4 nitrogen and oxygen atoms in total. The molecule has 1 rings (SSSR count). The number of nitrogens with zero attached hydrogens (tertiary/aromatic N) is 1. The topological polar surface area (TPSA) is 51.2 Å². The van der Waals surface area contributed by atoms with Gasteiger partial charge in [-0.1, -0.05) is 33.6 Å². The van der Waals surface area contributed by atoms with Gasteiger partial charge in [0, 0.05) is 24.6 Å². The van der Waals surface area contributed by atoms with Crippen molar-refractivity contribution < 1.29 is 9.53 Å². The van der Waals surface area contributed by atoms with E-state index in [0.29, 0.717) is 6.54 Å². The molecule has 1 aromatic heterocycles. The van der Waals surface area contributed by atoms with Gasteiger partial charge in [-0.15, -0.1) is 0 Å². The first-order valence-electron chi connectivity index (χ1n) is 8.30. The Kier molecular flexibility index (Phi) is 7.92. The minimum Gasteiger partial charge on any atom is -0.495 e. The van der Waals surface area contributed by atoms with Crippen LogP contribution in [0.15, 0.2) is 6.07 Å². The van der Waals surface area contributed by atoms with Crippen LogP contribution >= 0.6 is 0 Å². The molecule has 0 aliphatic carbocycles. The van der Waals surface area contributed by atoms with E-state index in [2.05, 4.69) is 25.2 Å². The predicted octanol–water partition coefficient (Wildman–Crippen LogP) is 3.45. The van der Waals surface area contributed by atoms with Gasteiger partial charge < -0.3 is 10.1 Å². The molecule has 1 heterocycles. The summed E-state index contributed by atoms with van der Waals surface area (Å²) in [7, 11) is 1.70. The number of methoxy groups -OCH3 is 1. The van der Waals surface area contributed by atoms with Crippen molar-refractivity contribution in [2.24, 2.45) is 5.92 Å². The summed E-state index contributed by atoms with van der Waals surface area (Å²) in [6.45, 7) is 8.68. The van der Waals surface area contributed by atoms with Gasteiger partial charge in [-0.3, -0.25) is 9.78 Å². The van der Waals surface area contributed by atoms with Crippen LogP contribution in [-0.2, 0) is 17.6 Å². The number of carbonyl (C=O) groups is 1. The highest BCUT2D eigenvalue weighted by molar-refractivity contribution is 5.77. The molecule has 124 valence electrons. The maximum absolute atomic E-state index is 11.6. The first-order chi connectivity index (χ1) is 10.5. The molecule has 0 unspecified atom stereocenters. The minimum atomic E-state index is 0.0233. The van der Waals surface area contributed by atoms with Gasteiger partial charge in [0.1, 0.15) is 5.75 Å². The summed E-state index contributed by atoms with van der Waals surface area (Å²) in [5, 5.41) is 2.94. The first-order valence-corrected chi connectivity index (χ1v) is 8.30. The number of hydrogen-bond donors (Lipinski definition) is 1. The highest BCUT2D eigenvalue weighted by atomic mass is 16.5. The Balaban J connectivity index is 2.72. The van der Waals surface area contributed by atoms with Crippen LogP contribution < -0.4 is 10.1 Å². The number of unbranched alkanes of at least 4 members (excludes halogenated alkanes) is 2. The van der Waals surface area contributed by atoms with E-state index in [-0.39, 0.29) is 11.8 Å². The number of amides is 1. The van der Waals surface area contributed by atoms with Gasteiger partial charge in [-0.05, 0) is 31.4 Å². The molecule has 1 aromatic rings. The number of aromatic nitrogens is 1. The standard InChI is InChI=1S/C18H30N2O2/c1-6-7-8-9-16-17(22-5)14(4)12-15(20-16)10-11-19-18(21)13(2)3/h12-13H,6-11H2,1-5H3,(H,19,21). The Morgan fingerprint density at radius 3 is 2.64 bits per heavy atom. The summed E-state index contributed by atoms with van der Waals surface area (Å²) >= 11 is 0. The number of ether oxygens (including phenoxy) is 1. The summed E-state index contributed by atoms with van der Waals surface area (Å²) in [5.41, 5.74) is 3.18. The normalized spacial score (nSPS) is 10.8. The lowest BCUT2D eigenvalue weighted by atomic mass is 10.1. The van der Waals surface area contributed by atoms with E-state index in [1.165, 1.54) is 12.8 Å². The third-order valence-electron chi connectivity index (χ3n) is 3.71. The monoisotopic (exact) mass is 306 g/mol. The van der Waals surface area contributed by atoms with E-state index in [9.17, 15) is 4.79 Å². The minimum absolute atomic E-state index is 0.0233. The smallest absolute Gasteiger partial charge is 0.222 e. The number of hydrogen-bond acceptors (Lipinski definition) is 3. The summed E-state index contributed by atoms with van der Waals surface area (Å²) < 4.78 is 5.50. The molecule has 0 radical (unpaired) electrons. The summed E-state index contributed by atoms with van der Waals surface area (Å²) in [6.07, 6.45) is 5.24. The van der Waals surface area contributed by atoms with E-state index >= 15 is 0 Å². The number of rotatable bonds is 9. The number of nitrogens with one attached hydrogen (secondary N) is 1. The van der Waals surface area contributed by atoms with Crippen molar-refractivity contribution in [3.63, 3.8) is 0 Å². The van der Waals surface area contributed by atoms with Crippen molar-refractivity contribution in [1.29, 1.82) is 0 Å². The van der Waals surface area contributed by atoms with Crippen molar-refractivity contribution in [3.8, 4) is 5.75 Å². The van der Waals surface area contributed by atoms with Crippen LogP contribution in [0.5, 0.6) is 5.75 Å². The summed E-state index contributed by atoms with van der Waals surface area (Å²) in [4.78, 5) is 16.3. The molecule has 1 N–H and O–H groups in total. The zero-order valence-corrected chi connectivity index (χ0v) is 14.7. The second kappa shape index (κ2) is 9.44. The Bertz CT molecular complexity index is 484. The quantitative estimate of drug-likeness (QED) is 0.711. The number of pyridine rings is 1. The van der Waals surface area contributed by atoms with E-state index in [1.54, 1.807) is 7.11 Å². The fraction of sp³-hybridized carbons (Fsp3) is 0.667. The zero-order valence-electron chi connectivity index (χ0n) is 14.7. The molecule has 1 amide bonds. The molecule has 0 fully saturated rings. The van der Waals surface area contributed by atoms with Gasteiger partial charge >= 0.3 is 0 Å². The molecule has 0 aliphatic rings. The fourth-order valence-electron chi connectivity index (χ4n) is 2.44. The van der Waals surface area contributed by atoms with Crippen LogP contribution in [0.4, 0.5) is 0 Å². The fourth-order valence-corrected chi connectivity index (χ4v) is 2.44. The second-order valence-electron chi connectivity index (χ2n) is 6.06. The van der Waals surface area contributed by atoms with E-state index in [4.69, 9.17) is 9.72 Å². The first kappa shape index (κ1) is 18.5. The van der Waals surface area contributed by atoms with Crippen LogP contribution in [0.3, 0.4) is 0 Å². The van der Waals surface area contributed by atoms with Gasteiger partial charge in [0.15, 0.2) is 0 Å². The van der Waals surface area contributed by atoms with Gasteiger partial charge in [-0.25, -0.2) is 0 Å². The SMILES string of the molecule is CCCCCc1nc(CCNC(=O)C(C)C)cc(C)c1OC. The van der Waals surface area contributed by atoms with Crippen LogP contribution in [-0.4, -0.2) is 24.5 Å². The second-order valence-corrected chi connectivity index (χ2v) is 6.06. The highest BCUT2D eigenvalue weighted by Gasteiger charge is 2.11. The molecule has 0 atom stereocenters. The molecule has 0 bridgehead atoms. The number of carbonyl (C=O) groups excluding carboxylic acids is 1. The molecule has 0 aliphatic heterocycles. The molecule has 22 heavy (non-hydrogen) atoms. The lowest BCUT2D eigenvalue weighted by Gasteiger charge is -2.13. The third kappa shape index (κ3) is 5.66. The molecule has 0 saturated heterocycles. The lowest BCUT2D eigenvalue weighted by molar-refractivity contribution is -0.123. The maximum Gasteiger partial charge on any atom is 0.222 e. The van der Waals surface area contributed by atoms with E-state index < -0.39 is 0 Å². The molecular formula is C18H30N2O2. The third-order valence-corrected chi connectivity index (χ3v) is 3.71. The van der Waals surface area contributed by atoms with Crippen molar-refractivity contribution in [2.45, 2.75) is 59.8 Å². The van der Waals surface area contributed by atoms with Gasteiger partial charge in [0.2, 0.25) is 5.91 Å². The van der Waals surface area contributed by atoms with Gasteiger partial charge in [0.05, 0.1) is 12.8 Å². The summed E-state index contributed by atoms with van der Waals surface area (Å²) in [6, 6.07) is 2.06. The maximum atomic E-state index is 11.6. The average molecular weight is 306 g/mol. The Labute approximate surface area is 134 Å². The van der Waals surface area contributed by atoms with E-state index in [1.807, 2.05) is 13.8 Å². The number of aryl methyl sites for hydroxylation is 2. The largest absolute Gasteiger partial charge is 0.495 e. The van der Waals surface area contributed by atoms with Crippen LogP contribution in [0.1, 0.15) is 57.0 Å². The Morgan fingerprint density at radius 1 is 1.32 bits per heavy atom. The van der Waals surface area contributed by atoms with Crippen molar-refractivity contribution in [3.05, 3.63) is 23.0 Å². The molecule has 4 heteroatoms. The van der Waals surface area contributed by atoms with Crippen LogP contribution in [0, 0.1) is 12.8 Å². The van der Waals surface area contributed by atoms with Crippen LogP contribution in [0.2, 0.25) is 0 Å². The highest BCUT2D eigenvalue weighted by Crippen LogP contribution is 2.24.